The zero-order valence-corrected chi connectivity index (χ0v) is 24.5. The Morgan fingerprint density at radius 2 is 1.79 bits per heavy atom. The lowest BCUT2D eigenvalue weighted by Gasteiger charge is -2.31. The summed E-state index contributed by atoms with van der Waals surface area (Å²) < 4.78 is 0. The maximum atomic E-state index is 13.7. The number of anilines is 1. The van der Waals surface area contributed by atoms with Crippen molar-refractivity contribution < 1.29 is 9.59 Å². The van der Waals surface area contributed by atoms with Crippen molar-refractivity contribution in [1.82, 2.24) is 10.2 Å². The molecule has 1 unspecified atom stereocenters. The lowest BCUT2D eigenvalue weighted by molar-refractivity contribution is -0.114. The zero-order valence-electron chi connectivity index (χ0n) is 23.7. The van der Waals surface area contributed by atoms with E-state index in [-0.39, 0.29) is 11.8 Å². The van der Waals surface area contributed by atoms with Crippen LogP contribution in [0.3, 0.4) is 0 Å². The van der Waals surface area contributed by atoms with Crippen molar-refractivity contribution in [3.05, 3.63) is 87.9 Å². The Hall–Kier alpha value is -3.09. The second kappa shape index (κ2) is 13.8. The van der Waals surface area contributed by atoms with Crippen molar-refractivity contribution in [2.75, 3.05) is 37.6 Å². The summed E-state index contributed by atoms with van der Waals surface area (Å²) in [6.45, 7) is 12.9. The highest BCUT2D eigenvalue weighted by Gasteiger charge is 2.29. The molecule has 2 aromatic carbocycles. The Kier molecular flexibility index (Phi) is 10.2. The Labute approximate surface area is 238 Å². The predicted molar refractivity (Wildman–Crippen MR) is 164 cm³/mol. The summed E-state index contributed by atoms with van der Waals surface area (Å²) in [5.41, 5.74) is 5.03. The minimum Gasteiger partial charge on any atom is -0.351 e. The molecular weight excluding hydrogens is 502 g/mol. The SMILES string of the molecule is CCCN(CCC)CCNC(=O)c1ccc(/C=C2\Sc3ccccc3N(CC3=CC(C)CC(C)=C3)C2=O)cc1. The molecule has 1 atom stereocenters. The van der Waals surface area contributed by atoms with E-state index in [4.69, 9.17) is 0 Å². The predicted octanol–water partition coefficient (Wildman–Crippen LogP) is 6.93. The highest BCUT2D eigenvalue weighted by Crippen LogP contribution is 2.42. The molecular formula is C33H41N3O2S. The van der Waals surface area contributed by atoms with Crippen molar-refractivity contribution in [3.63, 3.8) is 0 Å². The van der Waals surface area contributed by atoms with Crippen LogP contribution >= 0.6 is 11.8 Å². The minimum atomic E-state index is -0.0660. The van der Waals surface area contributed by atoms with Gasteiger partial charge in [0.2, 0.25) is 0 Å². The van der Waals surface area contributed by atoms with Crippen LogP contribution in [0.1, 0.15) is 62.9 Å². The zero-order chi connectivity index (χ0) is 27.8. The smallest absolute Gasteiger partial charge is 0.265 e. The van der Waals surface area contributed by atoms with E-state index in [0.717, 1.165) is 55.0 Å². The number of fused-ring (bicyclic) bond motifs is 1. The van der Waals surface area contributed by atoms with E-state index in [1.165, 1.54) is 22.9 Å². The molecule has 0 fully saturated rings. The molecule has 0 radical (unpaired) electrons. The summed E-state index contributed by atoms with van der Waals surface area (Å²) >= 11 is 1.51. The maximum Gasteiger partial charge on any atom is 0.265 e. The Morgan fingerprint density at radius 1 is 1.08 bits per heavy atom. The number of para-hydroxylation sites is 1. The number of allylic oxidation sites excluding steroid dienone is 2. The van der Waals surface area contributed by atoms with Crippen LogP contribution in [0.4, 0.5) is 5.69 Å². The van der Waals surface area contributed by atoms with Crippen LogP contribution in [0.5, 0.6) is 0 Å². The van der Waals surface area contributed by atoms with E-state index in [9.17, 15) is 9.59 Å². The molecule has 0 bridgehead atoms. The van der Waals surface area contributed by atoms with Crippen LogP contribution in [-0.2, 0) is 4.79 Å². The largest absolute Gasteiger partial charge is 0.351 e. The molecule has 206 valence electrons. The van der Waals surface area contributed by atoms with Crippen molar-refractivity contribution >= 4 is 35.3 Å². The lowest BCUT2D eigenvalue weighted by atomic mass is 9.92. The Morgan fingerprint density at radius 3 is 2.49 bits per heavy atom. The number of benzene rings is 2. The molecule has 0 spiro atoms. The van der Waals surface area contributed by atoms with E-state index in [0.29, 0.717) is 29.5 Å². The fourth-order valence-corrected chi connectivity index (χ4v) is 6.39. The molecule has 0 saturated carbocycles. The Bertz CT molecular complexity index is 1260. The molecule has 6 heteroatoms. The topological polar surface area (TPSA) is 52.7 Å². The third-order valence-electron chi connectivity index (χ3n) is 7.01. The maximum absolute atomic E-state index is 13.7. The first-order valence-corrected chi connectivity index (χ1v) is 15.0. The fraction of sp³-hybridized carbons (Fsp3) is 0.394. The molecule has 1 aliphatic heterocycles. The van der Waals surface area contributed by atoms with Gasteiger partial charge in [0.15, 0.2) is 0 Å². The number of nitrogens with one attached hydrogen (secondary N) is 1. The number of hydrogen-bond acceptors (Lipinski definition) is 4. The molecule has 2 aliphatic rings. The molecule has 2 aromatic rings. The Balaban J connectivity index is 1.46. The number of carbonyl (C=O) groups excluding carboxylic acids is 2. The quantitative estimate of drug-likeness (QED) is 0.312. The molecule has 39 heavy (non-hydrogen) atoms. The number of thioether (sulfide) groups is 1. The monoisotopic (exact) mass is 543 g/mol. The summed E-state index contributed by atoms with van der Waals surface area (Å²) in [4.78, 5) is 32.4. The van der Waals surface area contributed by atoms with Crippen LogP contribution < -0.4 is 10.2 Å². The van der Waals surface area contributed by atoms with Gasteiger partial charge < -0.3 is 15.1 Å². The molecule has 0 aromatic heterocycles. The first-order valence-electron chi connectivity index (χ1n) is 14.2. The molecule has 2 amide bonds. The van der Waals surface area contributed by atoms with E-state index < -0.39 is 0 Å². The van der Waals surface area contributed by atoms with Gasteiger partial charge in [0.25, 0.3) is 11.8 Å². The summed E-state index contributed by atoms with van der Waals surface area (Å²) in [6.07, 6.45) is 9.73. The first kappa shape index (κ1) is 28.9. The van der Waals surface area contributed by atoms with Gasteiger partial charge in [-0.1, -0.05) is 74.5 Å². The number of amides is 2. The highest BCUT2D eigenvalue weighted by molar-refractivity contribution is 8.04. The lowest BCUT2D eigenvalue weighted by Crippen LogP contribution is -2.36. The third-order valence-corrected chi connectivity index (χ3v) is 8.09. The number of carbonyl (C=O) groups is 2. The fourth-order valence-electron chi connectivity index (χ4n) is 5.34. The van der Waals surface area contributed by atoms with Crippen LogP contribution in [-0.4, -0.2) is 49.4 Å². The molecule has 1 N–H and O–H groups in total. The molecule has 1 aliphatic carbocycles. The van der Waals surface area contributed by atoms with Crippen molar-refractivity contribution in [2.24, 2.45) is 5.92 Å². The van der Waals surface area contributed by atoms with E-state index in [1.807, 2.05) is 53.4 Å². The van der Waals surface area contributed by atoms with Gasteiger partial charge >= 0.3 is 0 Å². The number of hydrogen-bond donors (Lipinski definition) is 1. The van der Waals surface area contributed by atoms with Crippen LogP contribution in [0.25, 0.3) is 6.08 Å². The van der Waals surface area contributed by atoms with Crippen molar-refractivity contribution in [2.45, 2.75) is 51.9 Å². The average Bonchev–Trinajstić information content (AvgIpc) is 2.91. The van der Waals surface area contributed by atoms with E-state index >= 15 is 0 Å². The molecule has 4 rings (SSSR count). The van der Waals surface area contributed by atoms with Gasteiger partial charge in [-0.2, -0.15) is 0 Å². The van der Waals surface area contributed by atoms with Gasteiger partial charge in [-0.15, -0.1) is 0 Å². The van der Waals surface area contributed by atoms with E-state index in [1.54, 1.807) is 0 Å². The standard InChI is InChI=1S/C33H41N3O2S/c1-5-16-35(17-6-2)18-15-34-32(37)28-13-11-26(12-14-28)22-31-33(38)36(29-9-7-8-10-30(29)39-31)23-27-20-24(3)19-25(4)21-27/h7-14,20-22,24H,5-6,15-19,23H2,1-4H3,(H,34,37)/b31-22-. The number of nitrogens with zero attached hydrogens (tertiary/aromatic N) is 2. The number of rotatable bonds is 11. The van der Waals surface area contributed by atoms with Gasteiger partial charge in [0, 0.05) is 23.5 Å². The first-order chi connectivity index (χ1) is 18.9. The molecule has 5 nitrogen and oxygen atoms in total. The van der Waals surface area contributed by atoms with Crippen LogP contribution in [0.2, 0.25) is 0 Å². The van der Waals surface area contributed by atoms with E-state index in [2.05, 4.69) is 56.1 Å². The molecule has 1 heterocycles. The third kappa shape index (κ3) is 7.74. The normalized spacial score (nSPS) is 18.2. The van der Waals surface area contributed by atoms with Gasteiger partial charge in [0.1, 0.15) is 0 Å². The highest BCUT2D eigenvalue weighted by atomic mass is 32.2. The van der Waals surface area contributed by atoms with Crippen molar-refractivity contribution in [3.8, 4) is 0 Å². The summed E-state index contributed by atoms with van der Waals surface area (Å²) in [5, 5.41) is 3.04. The summed E-state index contributed by atoms with van der Waals surface area (Å²) in [6, 6.07) is 15.6. The second-order valence-electron chi connectivity index (χ2n) is 10.6. The van der Waals surface area contributed by atoms with Crippen LogP contribution in [0, 0.1) is 5.92 Å². The minimum absolute atomic E-state index is 0.00871. The average molecular weight is 544 g/mol. The summed E-state index contributed by atoms with van der Waals surface area (Å²) in [5.74, 6) is 0.421. The summed E-state index contributed by atoms with van der Waals surface area (Å²) in [7, 11) is 0. The van der Waals surface area contributed by atoms with Gasteiger partial charge in [-0.05, 0) is 86.7 Å². The molecule has 0 saturated heterocycles. The van der Waals surface area contributed by atoms with Gasteiger partial charge in [-0.25, -0.2) is 0 Å². The van der Waals surface area contributed by atoms with Gasteiger partial charge in [-0.3, -0.25) is 9.59 Å². The van der Waals surface area contributed by atoms with Gasteiger partial charge in [0.05, 0.1) is 17.1 Å². The van der Waals surface area contributed by atoms with Crippen molar-refractivity contribution in [1.29, 1.82) is 0 Å². The second-order valence-corrected chi connectivity index (χ2v) is 11.7. The van der Waals surface area contributed by atoms with Crippen LogP contribution in [0.15, 0.2) is 81.6 Å².